The largest absolute Gasteiger partial charge is 0.481 e. The van der Waals surface area contributed by atoms with E-state index in [0.29, 0.717) is 12.8 Å². The van der Waals surface area contributed by atoms with Crippen LogP contribution in [0.25, 0.3) is 0 Å². The minimum Gasteiger partial charge on any atom is -0.481 e. The number of rotatable bonds is 11. The molecule has 1 fully saturated rings. The van der Waals surface area contributed by atoms with Gasteiger partial charge in [0.25, 0.3) is 0 Å². The Hall–Kier alpha value is -1.56. The highest BCUT2D eigenvalue weighted by Gasteiger charge is 2.45. The van der Waals surface area contributed by atoms with Gasteiger partial charge in [-0.3, -0.25) is 9.59 Å². The maximum atomic E-state index is 11.2. The highest BCUT2D eigenvalue weighted by molar-refractivity contribution is 5.69. The number of aliphatic hydroxyl groups excluding tert-OH is 4. The number of allylic oxidation sites excluding steroid dienone is 2. The fraction of sp³-hybridized carbons (Fsp3) is 0.778. The first-order valence-electron chi connectivity index (χ1n) is 9.14. The van der Waals surface area contributed by atoms with E-state index in [9.17, 15) is 30.0 Å². The monoisotopic (exact) mass is 406 g/mol. The summed E-state index contributed by atoms with van der Waals surface area (Å²) in [6.45, 7) is 2.68. The van der Waals surface area contributed by atoms with Crippen LogP contribution in [0.1, 0.15) is 33.1 Å². The molecular formula is C18H30O10. The van der Waals surface area contributed by atoms with Gasteiger partial charge in [0.05, 0.1) is 25.0 Å². The zero-order valence-electron chi connectivity index (χ0n) is 15.9. The van der Waals surface area contributed by atoms with Gasteiger partial charge in [-0.2, -0.15) is 0 Å². The van der Waals surface area contributed by atoms with Crippen molar-refractivity contribution in [2.45, 2.75) is 69.9 Å². The Balaban J connectivity index is 2.74. The van der Waals surface area contributed by atoms with Crippen LogP contribution in [-0.4, -0.2) is 86.0 Å². The van der Waals surface area contributed by atoms with Gasteiger partial charge >= 0.3 is 11.9 Å². The summed E-state index contributed by atoms with van der Waals surface area (Å²) in [5, 5.41) is 56.9. The highest BCUT2D eigenvalue weighted by atomic mass is 16.7. The summed E-state index contributed by atoms with van der Waals surface area (Å²) in [4.78, 5) is 22.0. The van der Waals surface area contributed by atoms with E-state index in [0.717, 1.165) is 0 Å². The first-order valence-corrected chi connectivity index (χ1v) is 9.14. The molecule has 1 rings (SSSR count). The topological polar surface area (TPSA) is 174 Å². The van der Waals surface area contributed by atoms with E-state index < -0.39 is 67.7 Å². The van der Waals surface area contributed by atoms with Crippen molar-refractivity contribution in [3.05, 3.63) is 12.2 Å². The van der Waals surface area contributed by atoms with Gasteiger partial charge in [-0.15, -0.1) is 0 Å². The summed E-state index contributed by atoms with van der Waals surface area (Å²) in [5.74, 6) is -2.91. The zero-order chi connectivity index (χ0) is 21.4. The van der Waals surface area contributed by atoms with Gasteiger partial charge in [0.1, 0.15) is 24.4 Å². The van der Waals surface area contributed by atoms with Crippen molar-refractivity contribution in [3.63, 3.8) is 0 Å². The Morgan fingerprint density at radius 1 is 1.04 bits per heavy atom. The van der Waals surface area contributed by atoms with Crippen molar-refractivity contribution in [2.75, 3.05) is 6.61 Å². The van der Waals surface area contributed by atoms with Crippen LogP contribution in [-0.2, 0) is 19.1 Å². The van der Waals surface area contributed by atoms with Crippen molar-refractivity contribution in [1.82, 2.24) is 0 Å². The lowest BCUT2D eigenvalue weighted by Gasteiger charge is -2.41. The first kappa shape index (κ1) is 24.5. The molecule has 0 aliphatic carbocycles. The maximum Gasteiger partial charge on any atom is 0.306 e. The lowest BCUT2D eigenvalue weighted by Crippen LogP contribution is -2.60. The number of hydrogen-bond donors (Lipinski definition) is 6. The molecule has 28 heavy (non-hydrogen) atoms. The smallest absolute Gasteiger partial charge is 0.306 e. The summed E-state index contributed by atoms with van der Waals surface area (Å²) in [7, 11) is 0. The molecule has 1 aliphatic heterocycles. The molecule has 0 aromatic carbocycles. The quantitative estimate of drug-likeness (QED) is 0.242. The number of carboxylic acid groups (broad SMARTS) is 2. The van der Waals surface area contributed by atoms with E-state index in [4.69, 9.17) is 19.7 Å². The Morgan fingerprint density at radius 3 is 2.18 bits per heavy atom. The van der Waals surface area contributed by atoms with Crippen molar-refractivity contribution in [3.8, 4) is 0 Å². The standard InChI is InChI=1S/C18H30O10/c1-9(5-3-4-6-10(2)17(25)26)11(7-13(20)21)27-18-16(24)15(23)14(22)12(8-19)28-18/h3-4,9-12,14-16,18-19,22-24H,5-8H2,1-2H3,(H,20,21)(H,25,26)/b4-3+/t9-,10-,11+,12-,14-,15+,16-,18-/m1/s1. The van der Waals surface area contributed by atoms with Crippen LogP contribution in [0.15, 0.2) is 12.2 Å². The van der Waals surface area contributed by atoms with E-state index in [2.05, 4.69) is 0 Å². The van der Waals surface area contributed by atoms with Gasteiger partial charge in [-0.1, -0.05) is 26.0 Å². The Kier molecular flexibility index (Phi) is 10.0. The van der Waals surface area contributed by atoms with E-state index in [1.54, 1.807) is 26.0 Å². The molecule has 1 heterocycles. The fourth-order valence-corrected chi connectivity index (χ4v) is 2.77. The van der Waals surface area contributed by atoms with E-state index in [1.165, 1.54) is 0 Å². The normalized spacial score (nSPS) is 31.4. The van der Waals surface area contributed by atoms with Crippen molar-refractivity contribution in [1.29, 1.82) is 0 Å². The molecule has 162 valence electrons. The summed E-state index contributed by atoms with van der Waals surface area (Å²) in [6.07, 6.45) is -4.47. The minimum absolute atomic E-state index is 0.333. The first-order chi connectivity index (χ1) is 13.1. The van der Waals surface area contributed by atoms with E-state index in [-0.39, 0.29) is 5.92 Å². The van der Waals surface area contributed by atoms with E-state index in [1.807, 2.05) is 0 Å². The third-order valence-electron chi connectivity index (χ3n) is 4.75. The van der Waals surface area contributed by atoms with Crippen molar-refractivity contribution < 1.29 is 49.7 Å². The van der Waals surface area contributed by atoms with Crippen LogP contribution in [0.4, 0.5) is 0 Å². The zero-order valence-corrected chi connectivity index (χ0v) is 15.9. The van der Waals surface area contributed by atoms with Gasteiger partial charge in [-0.05, 0) is 18.8 Å². The molecule has 0 aromatic heterocycles. The predicted molar refractivity (Wildman–Crippen MR) is 95.2 cm³/mol. The fourth-order valence-electron chi connectivity index (χ4n) is 2.77. The van der Waals surface area contributed by atoms with Gasteiger partial charge in [0.15, 0.2) is 6.29 Å². The number of carboxylic acids is 2. The summed E-state index contributed by atoms with van der Waals surface area (Å²) >= 11 is 0. The number of carbonyl (C=O) groups is 2. The minimum atomic E-state index is -1.62. The molecule has 1 saturated heterocycles. The molecule has 10 heteroatoms. The molecule has 1 aliphatic rings. The Labute approximate surface area is 163 Å². The van der Waals surface area contributed by atoms with Crippen LogP contribution in [0, 0.1) is 11.8 Å². The van der Waals surface area contributed by atoms with Gasteiger partial charge in [0, 0.05) is 0 Å². The second kappa shape index (κ2) is 11.4. The molecule has 0 aromatic rings. The average Bonchev–Trinajstić information content (AvgIpc) is 2.63. The summed E-state index contributed by atoms with van der Waals surface area (Å²) < 4.78 is 10.8. The SMILES string of the molecule is C[C@H](C/C=C/C[C@@H](C)[C@H](CC(=O)O)O[C@@H]1O[C@H](CO)[C@@H](O)[C@H](O)[C@H]1O)C(=O)O. The van der Waals surface area contributed by atoms with E-state index >= 15 is 0 Å². The Bertz CT molecular complexity index is 534. The molecule has 0 radical (unpaired) electrons. The average molecular weight is 406 g/mol. The molecule has 0 amide bonds. The maximum absolute atomic E-state index is 11.2. The molecule has 0 bridgehead atoms. The van der Waals surface area contributed by atoms with Gasteiger partial charge in [0.2, 0.25) is 0 Å². The number of aliphatic carboxylic acids is 2. The van der Waals surface area contributed by atoms with Crippen LogP contribution in [0.2, 0.25) is 0 Å². The van der Waals surface area contributed by atoms with Crippen LogP contribution >= 0.6 is 0 Å². The van der Waals surface area contributed by atoms with Gasteiger partial charge < -0.3 is 40.1 Å². The summed E-state index contributed by atoms with van der Waals surface area (Å²) in [6, 6.07) is 0. The van der Waals surface area contributed by atoms with Gasteiger partial charge in [-0.25, -0.2) is 0 Å². The number of hydrogen-bond acceptors (Lipinski definition) is 8. The second-order valence-electron chi connectivity index (χ2n) is 7.13. The predicted octanol–water partition coefficient (Wildman–Crippen LogP) is -0.661. The summed E-state index contributed by atoms with van der Waals surface area (Å²) in [5.41, 5.74) is 0. The second-order valence-corrected chi connectivity index (χ2v) is 7.13. The molecular weight excluding hydrogens is 376 g/mol. The molecule has 10 nitrogen and oxygen atoms in total. The third kappa shape index (κ3) is 7.12. The molecule has 8 atom stereocenters. The highest BCUT2D eigenvalue weighted by Crippen LogP contribution is 2.26. The lowest BCUT2D eigenvalue weighted by molar-refractivity contribution is -0.314. The van der Waals surface area contributed by atoms with Crippen LogP contribution in [0.3, 0.4) is 0 Å². The molecule has 0 spiro atoms. The third-order valence-corrected chi connectivity index (χ3v) is 4.75. The lowest BCUT2D eigenvalue weighted by atomic mass is 9.96. The van der Waals surface area contributed by atoms with Crippen molar-refractivity contribution >= 4 is 11.9 Å². The molecule has 6 N–H and O–H groups in total. The van der Waals surface area contributed by atoms with Crippen molar-refractivity contribution in [2.24, 2.45) is 11.8 Å². The molecule has 0 saturated carbocycles. The Morgan fingerprint density at radius 2 is 1.64 bits per heavy atom. The number of ether oxygens (including phenoxy) is 2. The molecule has 0 unspecified atom stereocenters. The van der Waals surface area contributed by atoms with Crippen LogP contribution < -0.4 is 0 Å². The van der Waals surface area contributed by atoms with Crippen LogP contribution in [0.5, 0.6) is 0 Å². The number of aliphatic hydroxyl groups is 4.